The maximum Gasteiger partial charge on any atom is 0.320 e. The average Bonchev–Trinajstić information content (AvgIpc) is 2.71. The minimum atomic E-state index is -0.648. The first kappa shape index (κ1) is 12.5. The summed E-state index contributed by atoms with van der Waals surface area (Å²) in [4.78, 5) is 13.4. The summed E-state index contributed by atoms with van der Waals surface area (Å²) < 4.78 is 0. The highest BCUT2D eigenvalue weighted by Crippen LogP contribution is 2.26. The molecule has 1 aliphatic rings. The molecule has 0 saturated heterocycles. The molecule has 0 amide bonds. The minimum Gasteiger partial charge on any atom is -0.480 e. The summed E-state index contributed by atoms with van der Waals surface area (Å²) in [6.07, 6.45) is 6.61. The van der Waals surface area contributed by atoms with Crippen LogP contribution in [0.25, 0.3) is 0 Å². The van der Waals surface area contributed by atoms with Crippen LogP contribution >= 0.6 is 0 Å². The van der Waals surface area contributed by atoms with Crippen LogP contribution in [0.1, 0.15) is 52.4 Å². The quantitative estimate of drug-likeness (QED) is 0.737. The molecule has 0 spiro atoms. The Morgan fingerprint density at radius 1 is 1.40 bits per heavy atom. The van der Waals surface area contributed by atoms with E-state index < -0.39 is 5.97 Å². The number of likely N-dealkylation sites (N-methyl/N-ethyl adjacent to an activating group) is 1. The molecule has 0 heterocycles. The van der Waals surface area contributed by atoms with Crippen LogP contribution in [0.15, 0.2) is 0 Å². The third-order valence-corrected chi connectivity index (χ3v) is 3.41. The van der Waals surface area contributed by atoms with Crippen molar-refractivity contribution < 1.29 is 9.90 Å². The lowest BCUT2D eigenvalue weighted by molar-refractivity contribution is -0.144. The van der Waals surface area contributed by atoms with Crippen LogP contribution in [0.2, 0.25) is 0 Å². The third-order valence-electron chi connectivity index (χ3n) is 3.41. The first-order chi connectivity index (χ1) is 7.20. The maximum absolute atomic E-state index is 11.2. The lowest BCUT2D eigenvalue weighted by atomic mass is 10.1. The average molecular weight is 213 g/mol. The van der Waals surface area contributed by atoms with Crippen LogP contribution in [-0.2, 0) is 4.79 Å². The Morgan fingerprint density at radius 3 is 2.40 bits per heavy atom. The number of aliphatic carboxylic acids is 1. The Bertz CT molecular complexity index is 200. The van der Waals surface area contributed by atoms with E-state index in [0.717, 1.165) is 19.4 Å². The zero-order chi connectivity index (χ0) is 11.3. The Labute approximate surface area is 92.5 Å². The number of carbonyl (C=O) groups is 1. The SMILES string of the molecule is CCCC(C(=O)O)N(CC)C1CCCC1. The van der Waals surface area contributed by atoms with Gasteiger partial charge in [0.15, 0.2) is 0 Å². The monoisotopic (exact) mass is 213 g/mol. The number of carboxylic acids is 1. The molecule has 1 atom stereocenters. The van der Waals surface area contributed by atoms with Crippen molar-refractivity contribution in [3.05, 3.63) is 0 Å². The minimum absolute atomic E-state index is 0.261. The van der Waals surface area contributed by atoms with E-state index in [1.54, 1.807) is 0 Å². The van der Waals surface area contributed by atoms with Gasteiger partial charge in [0.25, 0.3) is 0 Å². The van der Waals surface area contributed by atoms with Crippen molar-refractivity contribution in [3.8, 4) is 0 Å². The molecule has 1 fully saturated rings. The van der Waals surface area contributed by atoms with Gasteiger partial charge in [-0.3, -0.25) is 9.69 Å². The van der Waals surface area contributed by atoms with E-state index in [1.165, 1.54) is 25.7 Å². The second-order valence-corrected chi connectivity index (χ2v) is 4.41. The summed E-state index contributed by atoms with van der Waals surface area (Å²) in [5.74, 6) is -0.648. The zero-order valence-corrected chi connectivity index (χ0v) is 9.91. The van der Waals surface area contributed by atoms with E-state index in [9.17, 15) is 9.90 Å². The van der Waals surface area contributed by atoms with Gasteiger partial charge in [0, 0.05) is 6.04 Å². The summed E-state index contributed by atoms with van der Waals surface area (Å²) in [5.41, 5.74) is 0. The second kappa shape index (κ2) is 6.11. The second-order valence-electron chi connectivity index (χ2n) is 4.41. The van der Waals surface area contributed by atoms with Crippen LogP contribution in [0, 0.1) is 0 Å². The molecule has 1 saturated carbocycles. The molecule has 1 rings (SSSR count). The van der Waals surface area contributed by atoms with Gasteiger partial charge in [-0.2, -0.15) is 0 Å². The molecule has 88 valence electrons. The van der Waals surface area contributed by atoms with E-state index in [1.807, 2.05) is 0 Å². The van der Waals surface area contributed by atoms with E-state index in [-0.39, 0.29) is 6.04 Å². The fourth-order valence-electron chi connectivity index (χ4n) is 2.67. The number of carboxylic acid groups (broad SMARTS) is 1. The van der Waals surface area contributed by atoms with Crippen LogP contribution < -0.4 is 0 Å². The Balaban J connectivity index is 2.63. The summed E-state index contributed by atoms with van der Waals surface area (Å²) >= 11 is 0. The van der Waals surface area contributed by atoms with Crippen molar-refractivity contribution in [3.63, 3.8) is 0 Å². The number of hydrogen-bond acceptors (Lipinski definition) is 2. The predicted octanol–water partition coefficient (Wildman–Crippen LogP) is 2.50. The molecule has 0 bridgehead atoms. The number of hydrogen-bond donors (Lipinski definition) is 1. The highest BCUT2D eigenvalue weighted by Gasteiger charge is 2.30. The van der Waals surface area contributed by atoms with Gasteiger partial charge < -0.3 is 5.11 Å². The predicted molar refractivity (Wildman–Crippen MR) is 61.0 cm³/mol. The molecule has 0 radical (unpaired) electrons. The van der Waals surface area contributed by atoms with Crippen LogP contribution in [0.5, 0.6) is 0 Å². The lowest BCUT2D eigenvalue weighted by Crippen LogP contribution is -2.46. The Morgan fingerprint density at radius 2 is 2.00 bits per heavy atom. The third kappa shape index (κ3) is 3.20. The number of nitrogens with zero attached hydrogens (tertiary/aromatic N) is 1. The van der Waals surface area contributed by atoms with Crippen molar-refractivity contribution in [1.29, 1.82) is 0 Å². The summed E-state index contributed by atoms with van der Waals surface area (Å²) in [6.45, 7) is 4.99. The molecular weight excluding hydrogens is 190 g/mol. The fraction of sp³-hybridized carbons (Fsp3) is 0.917. The van der Waals surface area contributed by atoms with Gasteiger partial charge in [0.05, 0.1) is 0 Å². The summed E-state index contributed by atoms with van der Waals surface area (Å²) in [7, 11) is 0. The van der Waals surface area contributed by atoms with Crippen molar-refractivity contribution in [2.24, 2.45) is 0 Å². The lowest BCUT2D eigenvalue weighted by Gasteiger charge is -2.32. The van der Waals surface area contributed by atoms with Gasteiger partial charge in [0.2, 0.25) is 0 Å². The molecular formula is C12H23NO2. The van der Waals surface area contributed by atoms with Gasteiger partial charge in [0.1, 0.15) is 6.04 Å². The number of rotatable bonds is 6. The Hall–Kier alpha value is -0.570. The molecule has 0 aliphatic heterocycles. The fourth-order valence-corrected chi connectivity index (χ4v) is 2.67. The molecule has 3 nitrogen and oxygen atoms in total. The highest BCUT2D eigenvalue weighted by atomic mass is 16.4. The molecule has 0 aromatic heterocycles. The van der Waals surface area contributed by atoms with E-state index in [2.05, 4.69) is 18.7 Å². The van der Waals surface area contributed by atoms with E-state index in [0.29, 0.717) is 6.04 Å². The largest absolute Gasteiger partial charge is 0.480 e. The summed E-state index contributed by atoms with van der Waals surface area (Å²) in [5, 5.41) is 9.22. The highest BCUT2D eigenvalue weighted by molar-refractivity contribution is 5.73. The molecule has 1 aliphatic carbocycles. The van der Waals surface area contributed by atoms with E-state index in [4.69, 9.17) is 0 Å². The van der Waals surface area contributed by atoms with Crippen molar-refractivity contribution in [1.82, 2.24) is 4.90 Å². The van der Waals surface area contributed by atoms with Gasteiger partial charge in [-0.05, 0) is 25.8 Å². The molecule has 1 N–H and O–H groups in total. The van der Waals surface area contributed by atoms with Crippen LogP contribution in [-0.4, -0.2) is 34.6 Å². The van der Waals surface area contributed by atoms with Crippen molar-refractivity contribution in [2.75, 3.05) is 6.54 Å². The van der Waals surface area contributed by atoms with Gasteiger partial charge in [-0.1, -0.05) is 33.1 Å². The van der Waals surface area contributed by atoms with E-state index >= 15 is 0 Å². The molecule has 0 aromatic carbocycles. The van der Waals surface area contributed by atoms with Gasteiger partial charge in [-0.15, -0.1) is 0 Å². The smallest absolute Gasteiger partial charge is 0.320 e. The topological polar surface area (TPSA) is 40.5 Å². The first-order valence-corrected chi connectivity index (χ1v) is 6.19. The molecule has 15 heavy (non-hydrogen) atoms. The first-order valence-electron chi connectivity index (χ1n) is 6.19. The normalized spacial score (nSPS) is 19.7. The maximum atomic E-state index is 11.2. The Kier molecular flexibility index (Phi) is 5.09. The van der Waals surface area contributed by atoms with Crippen molar-refractivity contribution in [2.45, 2.75) is 64.5 Å². The van der Waals surface area contributed by atoms with Crippen LogP contribution in [0.3, 0.4) is 0 Å². The van der Waals surface area contributed by atoms with Gasteiger partial charge >= 0.3 is 5.97 Å². The van der Waals surface area contributed by atoms with Gasteiger partial charge in [-0.25, -0.2) is 0 Å². The molecule has 3 heteroatoms. The molecule has 0 aromatic rings. The molecule has 1 unspecified atom stereocenters. The van der Waals surface area contributed by atoms with Crippen LogP contribution in [0.4, 0.5) is 0 Å². The zero-order valence-electron chi connectivity index (χ0n) is 9.91. The van der Waals surface area contributed by atoms with Crippen molar-refractivity contribution >= 4 is 5.97 Å². The summed E-state index contributed by atoms with van der Waals surface area (Å²) in [6, 6.07) is 0.255. The standard InChI is InChI=1S/C12H23NO2/c1-3-7-11(12(14)15)13(4-2)10-8-5-6-9-10/h10-11H,3-9H2,1-2H3,(H,14,15).